The summed E-state index contributed by atoms with van der Waals surface area (Å²) < 4.78 is 12.2. The Bertz CT molecular complexity index is 3420. The fourth-order valence-corrected chi connectivity index (χ4v) is 13.7. The molecule has 0 saturated heterocycles. The summed E-state index contributed by atoms with van der Waals surface area (Å²) >= 11 is 2.65. The van der Waals surface area contributed by atoms with Gasteiger partial charge in [0.2, 0.25) is 0 Å². The fourth-order valence-electron chi connectivity index (χ4n) is 11.7. The van der Waals surface area contributed by atoms with Crippen LogP contribution in [-0.2, 0) is 51.7 Å². The van der Waals surface area contributed by atoms with Crippen LogP contribution in [0.1, 0.15) is 302 Å². The molecule has 3 aromatic rings. The zero-order chi connectivity index (χ0) is 79.1. The van der Waals surface area contributed by atoms with Crippen LogP contribution in [0.15, 0.2) is 142 Å². The van der Waals surface area contributed by atoms with E-state index in [9.17, 15) is 0 Å². The van der Waals surface area contributed by atoms with E-state index in [1.807, 2.05) is 0 Å². The molecule has 101 heavy (non-hydrogen) atoms. The van der Waals surface area contributed by atoms with Crippen LogP contribution in [0.25, 0.3) is 0 Å². The molecule has 14 heteroatoms. The zero-order valence-electron chi connectivity index (χ0n) is 71.0. The predicted molar refractivity (Wildman–Crippen MR) is 407 cm³/mol. The Morgan fingerprint density at radius 1 is 0.297 bits per heavy atom. The van der Waals surface area contributed by atoms with Crippen molar-refractivity contribution in [2.75, 3.05) is 0 Å². The molecule has 0 amide bonds. The fraction of sp³-hybridized carbons (Fsp3) is 0.586. The topological polar surface area (TPSA) is 142 Å². The Morgan fingerprint density at radius 3 is 0.614 bits per heavy atom. The Labute approximate surface area is 668 Å². The Kier molecular flexibility index (Phi) is 30.2. The van der Waals surface area contributed by atoms with Crippen molar-refractivity contribution < 1.29 is 132 Å². The smallest absolute Gasteiger partial charge is 0.159 e. The minimum Gasteiger partial charge on any atom is -0.822 e. The van der Waals surface area contributed by atoms with E-state index in [1.54, 1.807) is 0 Å². The molecule has 0 bridgehead atoms. The molecule has 3 aliphatic carbocycles. The maximum absolute atomic E-state index is 8.55. The van der Waals surface area contributed by atoms with Gasteiger partial charge in [-0.25, -0.2) is 0 Å². The van der Waals surface area contributed by atoms with Crippen molar-refractivity contribution in [3.8, 4) is 17.2 Å². The average molecular weight is 1430 g/mol. The number of hydrogen-bond donors (Lipinski definition) is 0. The Morgan fingerprint density at radius 2 is 0.475 bits per heavy atom. The van der Waals surface area contributed by atoms with Crippen LogP contribution in [0.5, 0.6) is 17.2 Å². The number of hydrogen-bond acceptors (Lipinski definition) is 10. The molecular formula is C87H129Na3O10P. The van der Waals surface area contributed by atoms with Crippen molar-refractivity contribution in [3.63, 3.8) is 0 Å². The van der Waals surface area contributed by atoms with Crippen molar-refractivity contribution in [2.24, 2.45) is 32.5 Å². The number of rotatable bonds is 9. The number of allylic oxidation sites excluding steroid dienone is 12. The Balaban J connectivity index is 0.000000380. The summed E-state index contributed by atoms with van der Waals surface area (Å²) in [6, 6.07) is 13.7. The first-order valence-electron chi connectivity index (χ1n) is 36.3. The van der Waals surface area contributed by atoms with Crippen molar-refractivity contribution in [2.45, 2.75) is 301 Å². The van der Waals surface area contributed by atoms with Gasteiger partial charge >= 0.3 is 647 Å². The van der Waals surface area contributed by atoms with Gasteiger partial charge in [-0.3, -0.25) is 0 Å². The second-order valence-electron chi connectivity index (χ2n) is 41.0. The van der Waals surface area contributed by atoms with Gasteiger partial charge in [-0.1, -0.05) is 0 Å². The van der Waals surface area contributed by atoms with Crippen molar-refractivity contribution in [1.82, 2.24) is 0 Å². The molecule has 3 aromatic carbocycles. The molecule has 0 aromatic heterocycles. The van der Waals surface area contributed by atoms with Gasteiger partial charge in [0.05, 0.1) is 0 Å². The molecule has 6 rings (SSSR count). The van der Waals surface area contributed by atoms with Gasteiger partial charge in [-0.2, -0.15) is 7.82 Å². The second-order valence-corrected chi connectivity index (χ2v) is 45.2. The van der Waals surface area contributed by atoms with Gasteiger partial charge in [-0.15, -0.1) is 0 Å². The monoisotopic (exact) mass is 1430 g/mol. The maximum Gasteiger partial charge on any atom is -0.159 e. The van der Waals surface area contributed by atoms with E-state index in [-0.39, 0.29) is 65.0 Å². The van der Waals surface area contributed by atoms with Gasteiger partial charge in [-0.05, 0) is 0 Å². The molecular weight excluding hydrogens is 1300 g/mol. The quantitative estimate of drug-likeness (QED) is 0.0879. The van der Waals surface area contributed by atoms with Gasteiger partial charge < -0.3 is 19.2 Å². The van der Waals surface area contributed by atoms with E-state index in [2.05, 4.69) is 324 Å². The molecule has 545 valence electrons. The van der Waals surface area contributed by atoms with Crippen LogP contribution in [0, 0.1) is 32.5 Å². The third kappa shape index (κ3) is 27.1. The first-order valence-corrected chi connectivity index (χ1v) is 40.8. The van der Waals surface area contributed by atoms with Gasteiger partial charge in [0, 0.05) is 0 Å². The molecule has 21 radical (unpaired) electrons. The molecule has 0 saturated carbocycles. The minimum absolute atomic E-state index is 0.0523. The summed E-state index contributed by atoms with van der Waals surface area (Å²) in [4.78, 5) is 62.8. The van der Waals surface area contributed by atoms with E-state index in [1.165, 1.54) is 58.5 Å². The van der Waals surface area contributed by atoms with Crippen molar-refractivity contribution in [3.05, 3.63) is 175 Å². The van der Waals surface area contributed by atoms with Crippen molar-refractivity contribution >= 4 is 16.3 Å². The van der Waals surface area contributed by atoms with E-state index in [0.717, 1.165) is 171 Å². The van der Waals surface area contributed by atoms with Gasteiger partial charge in [0.1, 0.15) is 0 Å². The van der Waals surface area contributed by atoms with Crippen LogP contribution in [-0.4, -0.2) is 0 Å². The molecule has 0 N–H and O–H groups in total. The van der Waals surface area contributed by atoms with E-state index in [0.29, 0.717) is 0 Å². The standard InChI is InChI=1S/3C29H43O2.3Na.H3O4P/c3*1-19-16-21(27(5,6)7)18-23(29(11,12)13)25(19)31-30-24-15-14-20(26(2,3)4)17-22(24)28(8,9)10;;;;1-5(2,3)4/h3*14,17-18H,1,16H2,2-13H3;;;;(H3,1,2,3,4)/q;;;3*+1;/p-3. The normalized spacial score (nSPS) is 16.1. The Hall–Kier alpha value is -2.77. The zero-order valence-corrected chi connectivity index (χ0v) is 77.9. The number of benzene rings is 3. The molecule has 0 fully saturated rings. The summed E-state index contributed by atoms with van der Waals surface area (Å²) in [5, 5.41) is 0. The summed E-state index contributed by atoms with van der Waals surface area (Å²) in [5.41, 5.74) is 18.3. The SMILES string of the molecule is C=C1CC(C(C)(C)C)=CC(C(C)(C)C)=C1OOc1[c]([Na+])cc(C(C)(C)C)cc1C(C)(C)C.C=C1CC(C(C)(C)C)=CC(C(C)(C)C)=C1OOc1[c]([Na+])cc(C(C)(C)C)cc1C(C)(C)C.C=C1CC(C(C)(C)C)=CC(C(C)(C)C)=C1OOc1[c]([Na+])cc(C(C)(C)C)cc1C(C)(C)C.O=P([O-])([O-])[O-]. The van der Waals surface area contributed by atoms with Crippen LogP contribution in [0.3, 0.4) is 0 Å². The molecule has 0 aliphatic heterocycles. The summed E-state index contributed by atoms with van der Waals surface area (Å²) in [7, 11) is -5.39. The second kappa shape index (κ2) is 33.0. The number of phosphoric acid groups is 1. The van der Waals surface area contributed by atoms with Gasteiger partial charge in [0.15, 0.2) is 0 Å². The largest absolute Gasteiger partial charge is 0.822 e. The first kappa shape index (κ1) is 92.4. The summed E-state index contributed by atoms with van der Waals surface area (Å²) in [5.74, 6) is 4.97. The van der Waals surface area contributed by atoms with Crippen LogP contribution in [0.4, 0.5) is 0 Å². The molecule has 3 aliphatic rings. The predicted octanol–water partition coefficient (Wildman–Crippen LogP) is 12.2. The average Bonchev–Trinajstić information content (AvgIpc) is 0.785. The molecule has 0 atom stereocenters. The minimum atomic E-state index is -5.39. The summed E-state index contributed by atoms with van der Waals surface area (Å²) in [6.45, 7) is 93.9. The van der Waals surface area contributed by atoms with E-state index in [4.69, 9.17) is 48.6 Å². The molecule has 0 spiro atoms. The van der Waals surface area contributed by atoms with Crippen molar-refractivity contribution in [1.29, 1.82) is 0 Å². The van der Waals surface area contributed by atoms with Crippen LogP contribution in [0.2, 0.25) is 0 Å². The molecule has 10 nitrogen and oxygen atoms in total. The van der Waals surface area contributed by atoms with E-state index >= 15 is 0 Å². The molecule has 0 unspecified atom stereocenters. The van der Waals surface area contributed by atoms with Crippen LogP contribution < -0.4 is 122 Å². The maximum atomic E-state index is 8.55. The van der Waals surface area contributed by atoms with Gasteiger partial charge in [0.25, 0.3) is 0 Å². The third-order valence-corrected chi connectivity index (χ3v) is 20.9. The van der Waals surface area contributed by atoms with Crippen LogP contribution >= 0.6 is 7.82 Å². The molecule has 0 heterocycles. The summed E-state index contributed by atoms with van der Waals surface area (Å²) in [6.07, 6.45) is 9.35. The van der Waals surface area contributed by atoms with E-state index < -0.39 is 7.82 Å². The third-order valence-electron chi connectivity index (χ3n) is 18.6. The first-order chi connectivity index (χ1) is 44.7.